The molecule has 1 rings (SSSR count). The van der Waals surface area contributed by atoms with E-state index in [-0.39, 0.29) is 30.5 Å². The number of amides is 1. The minimum atomic E-state index is -0.0511. The highest BCUT2D eigenvalue weighted by Gasteiger charge is 2.08. The van der Waals surface area contributed by atoms with Crippen molar-refractivity contribution in [2.45, 2.75) is 46.3 Å². The third kappa shape index (κ3) is 7.34. The van der Waals surface area contributed by atoms with Crippen LogP contribution in [0, 0.1) is 0 Å². The summed E-state index contributed by atoms with van der Waals surface area (Å²) in [6.07, 6.45) is 1.15. The summed E-state index contributed by atoms with van der Waals surface area (Å²) in [4.78, 5) is 12.0. The Morgan fingerprint density at radius 2 is 1.81 bits per heavy atom. The van der Waals surface area contributed by atoms with Gasteiger partial charge in [-0.15, -0.1) is 12.4 Å². The van der Waals surface area contributed by atoms with E-state index in [0.717, 1.165) is 18.7 Å². The lowest BCUT2D eigenvalue weighted by molar-refractivity contribution is 0.0950. The van der Waals surface area contributed by atoms with Gasteiger partial charge in [0.05, 0.1) is 6.10 Å². The Bertz CT molecular complexity index is 409. The van der Waals surface area contributed by atoms with E-state index in [2.05, 4.69) is 17.6 Å². The molecule has 0 spiro atoms. The average Bonchev–Trinajstić information content (AvgIpc) is 2.45. The SMILES string of the molecule is CCN[C@H](C)CNC(=O)c1ccc(OC(C)CC)cc1.Cl. The maximum absolute atomic E-state index is 12.0. The number of rotatable bonds is 8. The fourth-order valence-electron chi connectivity index (χ4n) is 1.77. The summed E-state index contributed by atoms with van der Waals surface area (Å²) in [6.45, 7) is 9.73. The van der Waals surface area contributed by atoms with Gasteiger partial charge in [-0.05, 0) is 51.1 Å². The van der Waals surface area contributed by atoms with Crippen LogP contribution in [-0.4, -0.2) is 31.1 Å². The van der Waals surface area contributed by atoms with E-state index in [1.54, 1.807) is 12.1 Å². The third-order valence-electron chi connectivity index (χ3n) is 3.15. The van der Waals surface area contributed by atoms with Crippen LogP contribution >= 0.6 is 12.4 Å². The second kappa shape index (κ2) is 10.5. The lowest BCUT2D eigenvalue weighted by Crippen LogP contribution is -2.38. The number of halogens is 1. The quantitative estimate of drug-likeness (QED) is 0.775. The van der Waals surface area contributed by atoms with Gasteiger partial charge in [-0.3, -0.25) is 4.79 Å². The number of nitrogens with one attached hydrogen (secondary N) is 2. The molecule has 21 heavy (non-hydrogen) atoms. The van der Waals surface area contributed by atoms with Crippen molar-refractivity contribution in [2.24, 2.45) is 0 Å². The van der Waals surface area contributed by atoms with Crippen LogP contribution in [0.3, 0.4) is 0 Å². The fraction of sp³-hybridized carbons (Fsp3) is 0.562. The van der Waals surface area contributed by atoms with Crippen molar-refractivity contribution in [2.75, 3.05) is 13.1 Å². The molecule has 0 saturated carbocycles. The van der Waals surface area contributed by atoms with Crippen LogP contribution < -0.4 is 15.4 Å². The van der Waals surface area contributed by atoms with Gasteiger partial charge < -0.3 is 15.4 Å². The second-order valence-corrected chi connectivity index (χ2v) is 5.03. The van der Waals surface area contributed by atoms with Gasteiger partial charge in [-0.25, -0.2) is 0 Å². The first-order chi connectivity index (χ1) is 9.56. The molecule has 4 nitrogen and oxygen atoms in total. The molecular weight excluding hydrogens is 288 g/mol. The molecule has 0 radical (unpaired) electrons. The highest BCUT2D eigenvalue weighted by atomic mass is 35.5. The smallest absolute Gasteiger partial charge is 0.251 e. The van der Waals surface area contributed by atoms with E-state index in [9.17, 15) is 4.79 Å². The van der Waals surface area contributed by atoms with Crippen molar-refractivity contribution in [1.29, 1.82) is 0 Å². The van der Waals surface area contributed by atoms with Gasteiger partial charge in [0.25, 0.3) is 5.91 Å². The predicted molar refractivity (Wildman–Crippen MR) is 89.5 cm³/mol. The molecule has 1 unspecified atom stereocenters. The number of likely N-dealkylation sites (N-methyl/N-ethyl adjacent to an activating group) is 1. The van der Waals surface area contributed by atoms with Crippen LogP contribution in [0.1, 0.15) is 44.5 Å². The highest BCUT2D eigenvalue weighted by Crippen LogP contribution is 2.14. The lowest BCUT2D eigenvalue weighted by Gasteiger charge is -2.14. The summed E-state index contributed by atoms with van der Waals surface area (Å²) < 4.78 is 5.69. The minimum absolute atomic E-state index is 0. The summed E-state index contributed by atoms with van der Waals surface area (Å²) >= 11 is 0. The van der Waals surface area contributed by atoms with Gasteiger partial charge in [0, 0.05) is 18.2 Å². The topological polar surface area (TPSA) is 50.4 Å². The Hall–Kier alpha value is -1.26. The van der Waals surface area contributed by atoms with Gasteiger partial charge in [-0.2, -0.15) is 0 Å². The molecule has 0 saturated heterocycles. The largest absolute Gasteiger partial charge is 0.491 e. The van der Waals surface area contributed by atoms with Gasteiger partial charge in [0.1, 0.15) is 5.75 Å². The number of ether oxygens (including phenoxy) is 1. The van der Waals surface area contributed by atoms with Crippen LogP contribution in [0.5, 0.6) is 5.75 Å². The summed E-state index contributed by atoms with van der Waals surface area (Å²) in [6, 6.07) is 7.55. The number of carbonyl (C=O) groups excluding carboxylic acids is 1. The lowest BCUT2D eigenvalue weighted by atomic mass is 10.2. The predicted octanol–water partition coefficient (Wildman–Crippen LogP) is 3.01. The molecule has 120 valence electrons. The maximum Gasteiger partial charge on any atom is 0.251 e. The molecule has 1 aromatic carbocycles. The van der Waals surface area contributed by atoms with E-state index >= 15 is 0 Å². The molecule has 0 aliphatic rings. The molecular formula is C16H27ClN2O2. The Morgan fingerprint density at radius 1 is 1.19 bits per heavy atom. The second-order valence-electron chi connectivity index (χ2n) is 5.03. The molecule has 1 amide bonds. The molecule has 0 fully saturated rings. The van der Waals surface area contributed by atoms with Crippen molar-refractivity contribution >= 4 is 18.3 Å². The summed E-state index contributed by atoms with van der Waals surface area (Å²) in [5, 5.41) is 6.17. The van der Waals surface area contributed by atoms with Crippen LogP contribution in [0.4, 0.5) is 0 Å². The Kier molecular flexibility index (Phi) is 9.84. The van der Waals surface area contributed by atoms with Crippen molar-refractivity contribution in [3.05, 3.63) is 29.8 Å². The number of benzene rings is 1. The molecule has 2 N–H and O–H groups in total. The molecule has 0 aliphatic heterocycles. The molecule has 1 aromatic rings. The summed E-state index contributed by atoms with van der Waals surface area (Å²) in [5.41, 5.74) is 0.658. The average molecular weight is 315 g/mol. The van der Waals surface area contributed by atoms with Crippen molar-refractivity contribution in [3.8, 4) is 5.75 Å². The van der Waals surface area contributed by atoms with Crippen molar-refractivity contribution < 1.29 is 9.53 Å². The van der Waals surface area contributed by atoms with Crippen molar-refractivity contribution in [1.82, 2.24) is 10.6 Å². The monoisotopic (exact) mass is 314 g/mol. The molecule has 5 heteroatoms. The van der Waals surface area contributed by atoms with E-state index in [4.69, 9.17) is 4.74 Å². The first-order valence-electron chi connectivity index (χ1n) is 7.35. The van der Waals surface area contributed by atoms with Crippen LogP contribution in [0.2, 0.25) is 0 Å². The zero-order chi connectivity index (χ0) is 15.0. The van der Waals surface area contributed by atoms with Gasteiger partial charge in [-0.1, -0.05) is 13.8 Å². The van der Waals surface area contributed by atoms with Crippen LogP contribution in [0.15, 0.2) is 24.3 Å². The first kappa shape index (κ1) is 19.7. The first-order valence-corrected chi connectivity index (χ1v) is 7.35. The van der Waals surface area contributed by atoms with Crippen molar-refractivity contribution in [3.63, 3.8) is 0 Å². The maximum atomic E-state index is 12.0. The molecule has 0 aliphatic carbocycles. The van der Waals surface area contributed by atoms with Gasteiger partial charge in [0.2, 0.25) is 0 Å². The number of carbonyl (C=O) groups is 1. The zero-order valence-electron chi connectivity index (χ0n) is 13.3. The standard InChI is InChI=1S/C16H26N2O2.ClH/c1-5-13(4)20-15-9-7-14(8-10-15)16(19)18-11-12(3)17-6-2;/h7-10,12-13,17H,5-6,11H2,1-4H3,(H,18,19);1H/t12-,13?;/m1./s1. The Balaban J connectivity index is 0.00000400. The normalized spacial score (nSPS) is 13.0. The molecule has 2 atom stereocenters. The Labute approximate surface area is 134 Å². The minimum Gasteiger partial charge on any atom is -0.491 e. The van der Waals surface area contributed by atoms with E-state index in [0.29, 0.717) is 12.1 Å². The van der Waals surface area contributed by atoms with Crippen LogP contribution in [0.25, 0.3) is 0 Å². The number of hydrogen-bond donors (Lipinski definition) is 2. The van der Waals surface area contributed by atoms with Crippen LogP contribution in [-0.2, 0) is 0 Å². The summed E-state index contributed by atoms with van der Waals surface area (Å²) in [7, 11) is 0. The number of hydrogen-bond acceptors (Lipinski definition) is 3. The zero-order valence-corrected chi connectivity index (χ0v) is 14.1. The van der Waals surface area contributed by atoms with E-state index in [1.807, 2.05) is 32.9 Å². The molecule has 0 aromatic heterocycles. The molecule has 0 bridgehead atoms. The van der Waals surface area contributed by atoms with E-state index in [1.165, 1.54) is 0 Å². The summed E-state index contributed by atoms with van der Waals surface area (Å²) in [5.74, 6) is 0.752. The fourth-order valence-corrected chi connectivity index (χ4v) is 1.77. The van der Waals surface area contributed by atoms with Gasteiger partial charge >= 0.3 is 0 Å². The van der Waals surface area contributed by atoms with Gasteiger partial charge in [0.15, 0.2) is 0 Å². The van der Waals surface area contributed by atoms with E-state index < -0.39 is 0 Å². The third-order valence-corrected chi connectivity index (χ3v) is 3.15. The Morgan fingerprint density at radius 3 is 2.33 bits per heavy atom. The highest BCUT2D eigenvalue weighted by molar-refractivity contribution is 5.94. The molecule has 0 heterocycles.